The van der Waals surface area contributed by atoms with Crippen LogP contribution in [-0.4, -0.2) is 31.3 Å². The van der Waals surface area contributed by atoms with E-state index in [4.69, 9.17) is 21.1 Å². The summed E-state index contributed by atoms with van der Waals surface area (Å²) >= 11 is 5.60. The predicted molar refractivity (Wildman–Crippen MR) is 70.6 cm³/mol. The molecule has 112 valence electrons. The minimum Gasteiger partial charge on any atom is -0.374 e. The first-order valence-electron chi connectivity index (χ1n) is 7.32. The molecule has 2 fully saturated rings. The summed E-state index contributed by atoms with van der Waals surface area (Å²) in [6.45, 7) is -2.30. The summed E-state index contributed by atoms with van der Waals surface area (Å²) in [5, 5.41) is 0. The molecule has 0 radical (unpaired) electrons. The van der Waals surface area contributed by atoms with Crippen LogP contribution in [0.3, 0.4) is 0 Å². The second-order valence-corrected chi connectivity index (χ2v) is 6.04. The van der Waals surface area contributed by atoms with E-state index in [1.807, 2.05) is 0 Å². The van der Waals surface area contributed by atoms with Crippen molar-refractivity contribution < 1.29 is 18.3 Å². The Hall–Kier alpha value is 0.0700. The molecule has 0 aromatic heterocycles. The third kappa shape index (κ3) is 4.54. The second-order valence-electron chi connectivity index (χ2n) is 5.66. The molecular formula is C14H23ClF2O2. The smallest absolute Gasteiger partial charge is 0.345 e. The molecule has 5 heteroatoms. The van der Waals surface area contributed by atoms with Crippen molar-refractivity contribution in [1.82, 2.24) is 0 Å². The molecule has 0 N–H and O–H groups in total. The van der Waals surface area contributed by atoms with E-state index in [0.29, 0.717) is 30.7 Å². The van der Waals surface area contributed by atoms with Gasteiger partial charge in [-0.25, -0.2) is 0 Å². The van der Waals surface area contributed by atoms with Crippen LogP contribution >= 0.6 is 11.6 Å². The Balaban J connectivity index is 1.89. The second kappa shape index (κ2) is 7.75. The number of alkyl halides is 3. The van der Waals surface area contributed by atoms with Gasteiger partial charge in [-0.2, -0.15) is 8.78 Å². The highest BCUT2D eigenvalue weighted by Gasteiger charge is 2.40. The third-order valence-electron chi connectivity index (χ3n) is 4.49. The minimum absolute atomic E-state index is 0.209. The Morgan fingerprint density at radius 3 is 2.32 bits per heavy atom. The van der Waals surface area contributed by atoms with Crippen molar-refractivity contribution in [2.24, 2.45) is 11.8 Å². The van der Waals surface area contributed by atoms with Gasteiger partial charge in [-0.15, -0.1) is 11.6 Å². The van der Waals surface area contributed by atoms with E-state index in [-0.39, 0.29) is 6.10 Å². The van der Waals surface area contributed by atoms with Gasteiger partial charge in [-0.05, 0) is 24.7 Å². The molecule has 2 rings (SSSR count). The maximum atomic E-state index is 12.4. The van der Waals surface area contributed by atoms with Crippen LogP contribution in [0.1, 0.15) is 44.9 Å². The van der Waals surface area contributed by atoms with E-state index in [1.165, 1.54) is 32.1 Å². The molecule has 0 aliphatic heterocycles. The van der Waals surface area contributed by atoms with Gasteiger partial charge in [-0.1, -0.05) is 32.1 Å². The maximum Gasteiger partial charge on any atom is 0.345 e. The first kappa shape index (κ1) is 15.5. The normalized spacial score (nSPS) is 33.2. The van der Waals surface area contributed by atoms with Gasteiger partial charge < -0.3 is 9.47 Å². The van der Waals surface area contributed by atoms with Crippen molar-refractivity contribution in [3.63, 3.8) is 0 Å². The molecule has 2 aliphatic carbocycles. The van der Waals surface area contributed by atoms with Crippen molar-refractivity contribution in [3.8, 4) is 0 Å². The molecule has 0 heterocycles. The number of hydrogen-bond donors (Lipinski definition) is 0. The van der Waals surface area contributed by atoms with Crippen LogP contribution in [-0.2, 0) is 9.47 Å². The average Bonchev–Trinajstić information content (AvgIpc) is 2.80. The summed E-state index contributed by atoms with van der Waals surface area (Å²) in [5.74, 6) is 1.54. The van der Waals surface area contributed by atoms with Gasteiger partial charge in [0.25, 0.3) is 0 Å². The first-order chi connectivity index (χ1) is 9.20. The lowest BCUT2D eigenvalue weighted by molar-refractivity contribution is -0.187. The van der Waals surface area contributed by atoms with Crippen molar-refractivity contribution in [2.75, 3.05) is 12.5 Å². The fourth-order valence-electron chi connectivity index (χ4n) is 3.63. The van der Waals surface area contributed by atoms with E-state index in [1.54, 1.807) is 0 Å². The summed E-state index contributed by atoms with van der Waals surface area (Å²) in [6, 6.07) is 0. The van der Waals surface area contributed by atoms with Crippen LogP contribution in [0.4, 0.5) is 8.78 Å². The zero-order valence-electron chi connectivity index (χ0n) is 11.2. The van der Waals surface area contributed by atoms with Crippen molar-refractivity contribution in [2.45, 2.75) is 63.8 Å². The fraction of sp³-hybridized carbons (Fsp3) is 1.00. The molecule has 0 amide bonds. The van der Waals surface area contributed by atoms with Gasteiger partial charge >= 0.3 is 6.61 Å². The Morgan fingerprint density at radius 1 is 1.00 bits per heavy atom. The first-order valence-corrected chi connectivity index (χ1v) is 7.85. The monoisotopic (exact) mass is 296 g/mol. The Bertz CT molecular complexity index is 260. The highest BCUT2D eigenvalue weighted by molar-refractivity contribution is 6.17. The Kier molecular flexibility index (Phi) is 6.30. The molecule has 0 aromatic rings. The lowest BCUT2D eigenvalue weighted by atomic mass is 9.79. The number of halogens is 3. The molecule has 2 saturated carbocycles. The molecule has 3 atom stereocenters. The summed E-state index contributed by atoms with van der Waals surface area (Å²) in [6.07, 6.45) is 7.20. The fourth-order valence-corrected chi connectivity index (χ4v) is 3.72. The number of hydrogen-bond acceptors (Lipinski definition) is 2. The van der Waals surface area contributed by atoms with Crippen LogP contribution < -0.4 is 0 Å². The average molecular weight is 297 g/mol. The third-order valence-corrected chi connectivity index (χ3v) is 4.64. The van der Waals surface area contributed by atoms with E-state index in [0.717, 1.165) is 6.42 Å². The van der Waals surface area contributed by atoms with Gasteiger partial charge in [0.05, 0.1) is 18.8 Å². The van der Waals surface area contributed by atoms with Gasteiger partial charge in [0.15, 0.2) is 0 Å². The van der Waals surface area contributed by atoms with Crippen molar-refractivity contribution >= 4 is 11.6 Å². The van der Waals surface area contributed by atoms with Crippen LogP contribution in [0.5, 0.6) is 0 Å². The minimum atomic E-state index is -2.71. The van der Waals surface area contributed by atoms with Gasteiger partial charge in [0.2, 0.25) is 0 Å². The van der Waals surface area contributed by atoms with Crippen molar-refractivity contribution in [3.05, 3.63) is 0 Å². The largest absolute Gasteiger partial charge is 0.374 e. The summed E-state index contributed by atoms with van der Waals surface area (Å²) in [5.41, 5.74) is 0. The van der Waals surface area contributed by atoms with E-state index in [2.05, 4.69) is 0 Å². The van der Waals surface area contributed by atoms with Crippen LogP contribution in [0.15, 0.2) is 0 Å². The molecular weight excluding hydrogens is 274 g/mol. The Morgan fingerprint density at radius 2 is 1.68 bits per heavy atom. The molecule has 0 bridgehead atoms. The maximum absolute atomic E-state index is 12.4. The summed E-state index contributed by atoms with van der Waals surface area (Å²) < 4.78 is 35.2. The zero-order chi connectivity index (χ0) is 13.7. The van der Waals surface area contributed by atoms with Gasteiger partial charge in [-0.3, -0.25) is 0 Å². The zero-order valence-corrected chi connectivity index (χ0v) is 12.0. The molecule has 0 saturated heterocycles. The molecule has 2 nitrogen and oxygen atoms in total. The SMILES string of the molecule is FC(F)OC1CC(C2CCCCC2)CC1OCCCl. The quantitative estimate of drug-likeness (QED) is 0.684. The lowest BCUT2D eigenvalue weighted by Gasteiger charge is -2.27. The number of rotatable bonds is 6. The standard InChI is InChI=1S/C14H23ClF2O2/c15-6-7-18-12-8-11(9-13(12)19-14(16)17)10-4-2-1-3-5-10/h10-14H,1-9H2. The summed E-state index contributed by atoms with van der Waals surface area (Å²) in [4.78, 5) is 0. The van der Waals surface area contributed by atoms with Crippen molar-refractivity contribution in [1.29, 1.82) is 0 Å². The van der Waals surface area contributed by atoms with E-state index in [9.17, 15) is 8.78 Å². The van der Waals surface area contributed by atoms with Crippen LogP contribution in [0.25, 0.3) is 0 Å². The highest BCUT2D eigenvalue weighted by Crippen LogP contribution is 2.41. The van der Waals surface area contributed by atoms with Crippen LogP contribution in [0, 0.1) is 11.8 Å². The Labute approximate surface area is 118 Å². The van der Waals surface area contributed by atoms with Gasteiger partial charge in [0.1, 0.15) is 0 Å². The molecule has 2 aliphatic rings. The molecule has 3 unspecified atom stereocenters. The number of ether oxygens (including phenoxy) is 2. The van der Waals surface area contributed by atoms with E-state index >= 15 is 0 Å². The lowest BCUT2D eigenvalue weighted by Crippen LogP contribution is -2.28. The predicted octanol–water partition coefficient (Wildman–Crippen LogP) is 4.21. The molecule has 19 heavy (non-hydrogen) atoms. The summed E-state index contributed by atoms with van der Waals surface area (Å²) in [7, 11) is 0. The molecule has 0 spiro atoms. The highest BCUT2D eigenvalue weighted by atomic mass is 35.5. The van der Waals surface area contributed by atoms with Gasteiger partial charge in [0, 0.05) is 5.88 Å². The van der Waals surface area contributed by atoms with E-state index < -0.39 is 12.7 Å². The topological polar surface area (TPSA) is 18.5 Å². The molecule has 0 aromatic carbocycles. The van der Waals surface area contributed by atoms with Crippen LogP contribution in [0.2, 0.25) is 0 Å².